The molecule has 0 amide bonds. The Labute approximate surface area is 93.3 Å². The molecule has 0 fully saturated rings. The van der Waals surface area contributed by atoms with Crippen LogP contribution in [0.1, 0.15) is 18.9 Å². The van der Waals surface area contributed by atoms with E-state index >= 15 is 0 Å². The maximum atomic E-state index is 11.2. The Morgan fingerprint density at radius 1 is 1.53 bits per heavy atom. The number of phenols is 1. The van der Waals surface area contributed by atoms with Crippen LogP contribution in [0, 0.1) is 0 Å². The molecule has 4 heteroatoms. The molecule has 15 heavy (non-hydrogen) atoms. The van der Waals surface area contributed by atoms with Gasteiger partial charge in [0, 0.05) is 5.88 Å². The number of hydrogen-bond donors (Lipinski definition) is 2. The van der Waals surface area contributed by atoms with E-state index in [4.69, 9.17) is 16.7 Å². The van der Waals surface area contributed by atoms with Gasteiger partial charge in [-0.3, -0.25) is 4.79 Å². The summed E-state index contributed by atoms with van der Waals surface area (Å²) in [7, 11) is 0. The number of benzene rings is 1. The number of aromatic hydroxyl groups is 1. The summed E-state index contributed by atoms with van der Waals surface area (Å²) in [4.78, 5) is 11.2. The number of aliphatic carboxylic acids is 1. The second kappa shape index (κ2) is 4.53. The number of carboxylic acids is 1. The molecule has 0 aromatic heterocycles. The van der Waals surface area contributed by atoms with Crippen LogP contribution in [0.5, 0.6) is 5.75 Å². The van der Waals surface area contributed by atoms with Gasteiger partial charge in [0.05, 0.1) is 5.41 Å². The molecule has 2 N–H and O–H groups in total. The summed E-state index contributed by atoms with van der Waals surface area (Å²) in [6, 6.07) is 6.27. The van der Waals surface area contributed by atoms with Crippen LogP contribution in [0.25, 0.3) is 0 Å². The Balaban J connectivity index is 3.15. The van der Waals surface area contributed by atoms with Crippen molar-refractivity contribution in [3.8, 4) is 5.75 Å². The quantitative estimate of drug-likeness (QED) is 0.778. The predicted octanol–water partition coefficient (Wildman–Crippen LogP) is 2.36. The van der Waals surface area contributed by atoms with E-state index < -0.39 is 11.4 Å². The largest absolute Gasteiger partial charge is 0.508 e. The number of rotatable bonds is 4. The summed E-state index contributed by atoms with van der Waals surface area (Å²) >= 11 is 5.59. The number of halogens is 1. The summed E-state index contributed by atoms with van der Waals surface area (Å²) < 4.78 is 0. The highest BCUT2D eigenvalue weighted by Crippen LogP contribution is 2.30. The summed E-state index contributed by atoms with van der Waals surface area (Å²) in [6.45, 7) is 1.60. The molecule has 3 nitrogen and oxygen atoms in total. The van der Waals surface area contributed by atoms with E-state index in [-0.39, 0.29) is 11.6 Å². The molecule has 0 saturated carbocycles. The zero-order valence-electron chi connectivity index (χ0n) is 8.40. The van der Waals surface area contributed by atoms with Gasteiger partial charge >= 0.3 is 5.97 Å². The highest BCUT2D eigenvalue weighted by Gasteiger charge is 2.34. The maximum Gasteiger partial charge on any atom is 0.313 e. The first-order chi connectivity index (χ1) is 7.00. The minimum atomic E-state index is -1.04. The zero-order valence-corrected chi connectivity index (χ0v) is 9.16. The van der Waals surface area contributed by atoms with E-state index in [1.165, 1.54) is 12.1 Å². The number of carboxylic acid groups (broad SMARTS) is 1. The molecular formula is C11H13ClO3. The number of alkyl halides is 1. The average molecular weight is 229 g/mol. The van der Waals surface area contributed by atoms with Crippen molar-refractivity contribution in [3.63, 3.8) is 0 Å². The zero-order chi connectivity index (χ0) is 11.5. The first-order valence-electron chi connectivity index (χ1n) is 4.59. The summed E-state index contributed by atoms with van der Waals surface area (Å²) in [6.07, 6.45) is 0.327. The van der Waals surface area contributed by atoms with Gasteiger partial charge in [0.2, 0.25) is 0 Å². The van der Waals surface area contributed by atoms with Crippen molar-refractivity contribution in [2.45, 2.75) is 18.8 Å². The third kappa shape index (κ3) is 2.42. The molecule has 1 rings (SSSR count). The second-order valence-corrected chi connectivity index (χ2v) is 4.00. The minimum absolute atomic E-state index is 0.0644. The monoisotopic (exact) mass is 228 g/mol. The summed E-state index contributed by atoms with van der Waals surface area (Å²) in [5.74, 6) is -0.610. The fourth-order valence-electron chi connectivity index (χ4n) is 1.41. The molecule has 82 valence electrons. The van der Waals surface area contributed by atoms with Gasteiger partial charge in [0.1, 0.15) is 5.75 Å². The first kappa shape index (κ1) is 11.9. The molecule has 0 radical (unpaired) electrons. The van der Waals surface area contributed by atoms with Crippen molar-refractivity contribution in [3.05, 3.63) is 29.8 Å². The van der Waals surface area contributed by atoms with Crippen LogP contribution in [-0.2, 0) is 10.2 Å². The van der Waals surface area contributed by atoms with Crippen molar-refractivity contribution >= 4 is 17.6 Å². The lowest BCUT2D eigenvalue weighted by atomic mass is 9.80. The highest BCUT2D eigenvalue weighted by atomic mass is 35.5. The van der Waals surface area contributed by atoms with E-state index in [0.717, 1.165) is 0 Å². The fraction of sp³-hybridized carbons (Fsp3) is 0.364. The van der Waals surface area contributed by atoms with E-state index in [1.807, 2.05) is 0 Å². The third-order valence-electron chi connectivity index (χ3n) is 2.55. The van der Waals surface area contributed by atoms with E-state index in [2.05, 4.69) is 0 Å². The Kier molecular flexibility index (Phi) is 3.58. The van der Waals surface area contributed by atoms with Crippen LogP contribution in [-0.4, -0.2) is 22.1 Å². The number of carbonyl (C=O) groups is 1. The van der Waals surface area contributed by atoms with Crippen LogP contribution < -0.4 is 0 Å². The molecule has 0 spiro atoms. The van der Waals surface area contributed by atoms with Crippen molar-refractivity contribution in [2.24, 2.45) is 0 Å². The topological polar surface area (TPSA) is 57.5 Å². The Morgan fingerprint density at radius 2 is 2.20 bits per heavy atom. The van der Waals surface area contributed by atoms with Gasteiger partial charge in [-0.15, -0.1) is 11.6 Å². The predicted molar refractivity (Wildman–Crippen MR) is 58.4 cm³/mol. The average Bonchev–Trinajstić information content (AvgIpc) is 2.17. The Morgan fingerprint density at radius 3 is 2.67 bits per heavy atom. The molecule has 0 heterocycles. The van der Waals surface area contributed by atoms with Crippen molar-refractivity contribution < 1.29 is 15.0 Å². The third-order valence-corrected chi connectivity index (χ3v) is 2.74. The summed E-state index contributed by atoms with van der Waals surface area (Å²) in [5.41, 5.74) is -0.476. The molecule has 1 aromatic rings. The number of hydrogen-bond acceptors (Lipinski definition) is 2. The smallest absolute Gasteiger partial charge is 0.313 e. The molecular weight excluding hydrogens is 216 g/mol. The lowest BCUT2D eigenvalue weighted by Gasteiger charge is -2.24. The molecule has 0 aliphatic rings. The standard InChI is InChI=1S/C11H13ClO3/c1-11(5-6-12,10(14)15)8-3-2-4-9(13)7-8/h2-4,7,13H,5-6H2,1H3,(H,14,15). The first-order valence-corrected chi connectivity index (χ1v) is 5.13. The maximum absolute atomic E-state index is 11.2. The van der Waals surface area contributed by atoms with Crippen LogP contribution in [0.2, 0.25) is 0 Å². The van der Waals surface area contributed by atoms with Crippen molar-refractivity contribution in [1.29, 1.82) is 0 Å². The van der Waals surface area contributed by atoms with Gasteiger partial charge in [0.25, 0.3) is 0 Å². The van der Waals surface area contributed by atoms with Gasteiger partial charge in [-0.25, -0.2) is 0 Å². The highest BCUT2D eigenvalue weighted by molar-refractivity contribution is 6.18. The Hall–Kier alpha value is -1.22. The van der Waals surface area contributed by atoms with E-state index in [0.29, 0.717) is 12.0 Å². The molecule has 0 aliphatic heterocycles. The molecule has 1 atom stereocenters. The number of phenolic OH excluding ortho intramolecular Hbond substituents is 1. The van der Waals surface area contributed by atoms with Crippen LogP contribution in [0.3, 0.4) is 0 Å². The minimum Gasteiger partial charge on any atom is -0.508 e. The second-order valence-electron chi connectivity index (χ2n) is 3.63. The van der Waals surface area contributed by atoms with Gasteiger partial charge in [-0.1, -0.05) is 12.1 Å². The van der Waals surface area contributed by atoms with Crippen molar-refractivity contribution in [2.75, 3.05) is 5.88 Å². The molecule has 0 aliphatic carbocycles. The van der Waals surface area contributed by atoms with Crippen LogP contribution in [0.4, 0.5) is 0 Å². The normalized spacial score (nSPS) is 14.5. The molecule has 0 saturated heterocycles. The Bertz CT molecular complexity index is 365. The fourth-order valence-corrected chi connectivity index (χ4v) is 1.79. The molecule has 1 unspecified atom stereocenters. The van der Waals surface area contributed by atoms with Crippen molar-refractivity contribution in [1.82, 2.24) is 0 Å². The van der Waals surface area contributed by atoms with Crippen LogP contribution >= 0.6 is 11.6 Å². The van der Waals surface area contributed by atoms with Gasteiger partial charge < -0.3 is 10.2 Å². The van der Waals surface area contributed by atoms with E-state index in [9.17, 15) is 9.90 Å². The summed E-state index contributed by atoms with van der Waals surface area (Å²) in [5, 5.41) is 18.5. The SMILES string of the molecule is CC(CCCl)(C(=O)O)c1cccc(O)c1. The van der Waals surface area contributed by atoms with Gasteiger partial charge in [-0.2, -0.15) is 0 Å². The van der Waals surface area contributed by atoms with Gasteiger partial charge in [0.15, 0.2) is 0 Å². The lowest BCUT2D eigenvalue weighted by Crippen LogP contribution is -2.32. The molecule has 0 bridgehead atoms. The lowest BCUT2D eigenvalue weighted by molar-refractivity contribution is -0.143. The van der Waals surface area contributed by atoms with Crippen LogP contribution in [0.15, 0.2) is 24.3 Å². The molecule has 1 aromatic carbocycles. The van der Waals surface area contributed by atoms with E-state index in [1.54, 1.807) is 19.1 Å². The van der Waals surface area contributed by atoms with Gasteiger partial charge in [-0.05, 0) is 31.0 Å².